The Morgan fingerprint density at radius 1 is 1.08 bits per heavy atom. The minimum absolute atomic E-state index is 0.116. The first kappa shape index (κ1) is 17.9. The number of ether oxygens (including phenoxy) is 2. The second-order valence-corrected chi connectivity index (χ2v) is 7.10. The average molecular weight is 362 g/mol. The number of nitrogens with one attached hydrogen (secondary N) is 2. The summed E-state index contributed by atoms with van der Waals surface area (Å²) in [4.78, 5) is 0. The summed E-state index contributed by atoms with van der Waals surface area (Å²) in [5.41, 5.74) is 3.20. The van der Waals surface area contributed by atoms with Gasteiger partial charge in [-0.3, -0.25) is 5.32 Å². The number of aryl methyl sites for hydroxylation is 1. The van der Waals surface area contributed by atoms with Crippen molar-refractivity contribution in [1.29, 1.82) is 0 Å². The van der Waals surface area contributed by atoms with Gasteiger partial charge in [-0.25, -0.2) is 4.39 Å². The van der Waals surface area contributed by atoms with E-state index in [1.165, 1.54) is 12.1 Å². The largest absolute Gasteiger partial charge is 0.493 e. The van der Waals surface area contributed by atoms with Gasteiger partial charge in [-0.2, -0.15) is 11.8 Å². The number of methoxy groups -OCH3 is 2. The van der Waals surface area contributed by atoms with Gasteiger partial charge in [0, 0.05) is 29.3 Å². The Labute approximate surface area is 152 Å². The maximum absolute atomic E-state index is 13.1. The summed E-state index contributed by atoms with van der Waals surface area (Å²) < 4.78 is 23.9. The van der Waals surface area contributed by atoms with Gasteiger partial charge < -0.3 is 14.8 Å². The van der Waals surface area contributed by atoms with E-state index in [9.17, 15) is 4.39 Å². The lowest BCUT2D eigenvalue weighted by Gasteiger charge is -2.32. The topological polar surface area (TPSA) is 42.5 Å². The van der Waals surface area contributed by atoms with Gasteiger partial charge in [0.25, 0.3) is 0 Å². The predicted molar refractivity (Wildman–Crippen MR) is 101 cm³/mol. The van der Waals surface area contributed by atoms with Crippen molar-refractivity contribution < 1.29 is 13.9 Å². The highest BCUT2D eigenvalue weighted by molar-refractivity contribution is 7.99. The maximum atomic E-state index is 13.1. The normalized spacial score (nSPS) is 20.2. The minimum Gasteiger partial charge on any atom is -0.493 e. The van der Waals surface area contributed by atoms with Crippen molar-refractivity contribution in [2.45, 2.75) is 19.1 Å². The molecule has 2 aromatic carbocycles. The summed E-state index contributed by atoms with van der Waals surface area (Å²) in [7, 11) is 3.27. The Hall–Kier alpha value is -1.92. The summed E-state index contributed by atoms with van der Waals surface area (Å²) >= 11 is 1.88. The van der Waals surface area contributed by atoms with Gasteiger partial charge in [-0.15, -0.1) is 0 Å². The molecule has 1 fully saturated rings. The molecule has 1 saturated heterocycles. The standard InChI is InChI=1S/C19H23FN2O2S/c1-12-8-17(23-2)18(24-3)9-15(12)21-19-11-25-10-16(22-19)13-4-6-14(20)7-5-13/h4-9,16,19,21-22H,10-11H2,1-3H3. The molecule has 134 valence electrons. The van der Waals surface area contributed by atoms with Crippen LogP contribution in [0.15, 0.2) is 36.4 Å². The molecule has 2 aromatic rings. The van der Waals surface area contributed by atoms with Crippen molar-refractivity contribution in [3.8, 4) is 11.5 Å². The van der Waals surface area contributed by atoms with Crippen LogP contribution in [0.1, 0.15) is 17.2 Å². The van der Waals surface area contributed by atoms with Crippen molar-refractivity contribution in [3.05, 3.63) is 53.3 Å². The van der Waals surface area contributed by atoms with Crippen LogP contribution in [0.25, 0.3) is 0 Å². The van der Waals surface area contributed by atoms with Crippen molar-refractivity contribution in [2.75, 3.05) is 31.0 Å². The lowest BCUT2D eigenvalue weighted by molar-refractivity contribution is 0.355. The van der Waals surface area contributed by atoms with Gasteiger partial charge in [-0.05, 0) is 36.2 Å². The van der Waals surface area contributed by atoms with Crippen molar-refractivity contribution in [1.82, 2.24) is 5.32 Å². The van der Waals surface area contributed by atoms with Crippen LogP contribution in [0.5, 0.6) is 11.5 Å². The van der Waals surface area contributed by atoms with E-state index < -0.39 is 0 Å². The molecular weight excluding hydrogens is 339 g/mol. The van der Waals surface area contributed by atoms with Crippen LogP contribution < -0.4 is 20.1 Å². The molecule has 0 radical (unpaired) electrons. The molecule has 0 spiro atoms. The first-order chi connectivity index (χ1) is 12.1. The molecule has 0 bridgehead atoms. The summed E-state index contributed by atoms with van der Waals surface area (Å²) in [6.45, 7) is 2.04. The average Bonchev–Trinajstić information content (AvgIpc) is 2.64. The number of hydrogen-bond donors (Lipinski definition) is 2. The number of rotatable bonds is 5. The quantitative estimate of drug-likeness (QED) is 0.843. The lowest BCUT2D eigenvalue weighted by Crippen LogP contribution is -2.45. The smallest absolute Gasteiger partial charge is 0.162 e. The second-order valence-electron chi connectivity index (χ2n) is 6.03. The highest BCUT2D eigenvalue weighted by Gasteiger charge is 2.23. The maximum Gasteiger partial charge on any atom is 0.162 e. The zero-order valence-corrected chi connectivity index (χ0v) is 15.5. The second kappa shape index (κ2) is 7.97. The van der Waals surface area contributed by atoms with Gasteiger partial charge in [0.15, 0.2) is 11.5 Å². The zero-order chi connectivity index (χ0) is 17.8. The van der Waals surface area contributed by atoms with E-state index in [1.54, 1.807) is 14.2 Å². The third kappa shape index (κ3) is 4.19. The van der Waals surface area contributed by atoms with Gasteiger partial charge in [-0.1, -0.05) is 12.1 Å². The monoisotopic (exact) mass is 362 g/mol. The first-order valence-electron chi connectivity index (χ1n) is 8.19. The third-order valence-electron chi connectivity index (χ3n) is 4.30. The number of anilines is 1. The fourth-order valence-corrected chi connectivity index (χ4v) is 4.01. The molecule has 1 aliphatic heterocycles. The van der Waals surface area contributed by atoms with E-state index in [4.69, 9.17) is 9.47 Å². The SMILES string of the molecule is COc1cc(C)c(NC2CSCC(c3ccc(F)cc3)N2)cc1OC. The van der Waals surface area contributed by atoms with Gasteiger partial charge in [0.2, 0.25) is 0 Å². The van der Waals surface area contributed by atoms with Gasteiger partial charge in [0.05, 0.1) is 20.4 Å². The summed E-state index contributed by atoms with van der Waals surface area (Å²) in [6.07, 6.45) is 0.116. The fraction of sp³-hybridized carbons (Fsp3) is 0.368. The van der Waals surface area contributed by atoms with Crippen LogP contribution in [-0.4, -0.2) is 31.9 Å². The van der Waals surface area contributed by atoms with Crippen LogP contribution in [0, 0.1) is 12.7 Å². The minimum atomic E-state index is -0.206. The molecule has 25 heavy (non-hydrogen) atoms. The number of benzene rings is 2. The van der Waals surface area contributed by atoms with E-state index in [1.807, 2.05) is 43.0 Å². The van der Waals surface area contributed by atoms with Gasteiger partial charge in [0.1, 0.15) is 5.82 Å². The lowest BCUT2D eigenvalue weighted by atomic mass is 10.1. The predicted octanol–water partition coefficient (Wildman–Crippen LogP) is 3.97. The third-order valence-corrected chi connectivity index (χ3v) is 5.44. The van der Waals surface area contributed by atoms with Crippen LogP contribution in [-0.2, 0) is 0 Å². The first-order valence-corrected chi connectivity index (χ1v) is 9.34. The number of thioether (sulfide) groups is 1. The van der Waals surface area contributed by atoms with Crippen LogP contribution in [0.4, 0.5) is 10.1 Å². The summed E-state index contributed by atoms with van der Waals surface area (Å²) in [5.74, 6) is 3.14. The molecule has 0 aliphatic carbocycles. The Balaban J connectivity index is 1.73. The molecule has 4 nitrogen and oxygen atoms in total. The van der Waals surface area contributed by atoms with E-state index in [2.05, 4.69) is 10.6 Å². The van der Waals surface area contributed by atoms with E-state index in [0.717, 1.165) is 34.1 Å². The molecule has 1 heterocycles. The highest BCUT2D eigenvalue weighted by Crippen LogP contribution is 2.34. The van der Waals surface area contributed by atoms with E-state index in [-0.39, 0.29) is 18.0 Å². The van der Waals surface area contributed by atoms with Crippen molar-refractivity contribution in [3.63, 3.8) is 0 Å². The molecule has 2 N–H and O–H groups in total. The van der Waals surface area contributed by atoms with Crippen molar-refractivity contribution in [2.24, 2.45) is 0 Å². The fourth-order valence-electron chi connectivity index (χ4n) is 2.94. The van der Waals surface area contributed by atoms with Crippen LogP contribution in [0.2, 0.25) is 0 Å². The number of halogens is 1. The van der Waals surface area contributed by atoms with E-state index in [0.29, 0.717) is 5.75 Å². The molecule has 0 aromatic heterocycles. The number of hydrogen-bond acceptors (Lipinski definition) is 5. The molecule has 2 atom stereocenters. The summed E-state index contributed by atoms with van der Waals surface area (Å²) in [5, 5.41) is 7.15. The summed E-state index contributed by atoms with van der Waals surface area (Å²) in [6, 6.07) is 10.8. The molecule has 2 unspecified atom stereocenters. The van der Waals surface area contributed by atoms with Gasteiger partial charge >= 0.3 is 0 Å². The molecule has 1 aliphatic rings. The zero-order valence-electron chi connectivity index (χ0n) is 14.6. The molecule has 0 amide bonds. The van der Waals surface area contributed by atoms with E-state index >= 15 is 0 Å². The molecular formula is C19H23FN2O2S. The molecule has 0 saturated carbocycles. The Morgan fingerprint density at radius 2 is 1.76 bits per heavy atom. The van der Waals surface area contributed by atoms with Crippen LogP contribution >= 0.6 is 11.8 Å². The van der Waals surface area contributed by atoms with Crippen molar-refractivity contribution >= 4 is 17.4 Å². The molecule has 6 heteroatoms. The molecule has 3 rings (SSSR count). The Bertz CT molecular complexity index is 724. The highest BCUT2D eigenvalue weighted by atomic mass is 32.2. The Morgan fingerprint density at radius 3 is 2.44 bits per heavy atom. The Kier molecular flexibility index (Phi) is 5.71. The van der Waals surface area contributed by atoms with Crippen LogP contribution in [0.3, 0.4) is 0 Å².